The first kappa shape index (κ1) is 6.49. The first-order valence-corrected chi connectivity index (χ1v) is 3.53. The van der Waals surface area contributed by atoms with Crippen molar-refractivity contribution in [3.8, 4) is 11.5 Å². The minimum absolute atomic E-state index is 0.625. The standard InChI is InChI=1S/C8H9NO2/c9-11-7-3-1-2-6-4-5-10-8(6)7/h1-3H,4-5,9H2. The molecule has 0 spiro atoms. The Balaban J connectivity index is 2.50. The number of fused-ring (bicyclic) bond motifs is 1. The molecule has 1 aromatic carbocycles. The van der Waals surface area contributed by atoms with Crippen LogP contribution in [0.2, 0.25) is 0 Å². The van der Waals surface area contributed by atoms with Crippen molar-refractivity contribution in [2.24, 2.45) is 5.90 Å². The fourth-order valence-corrected chi connectivity index (χ4v) is 1.28. The first-order valence-electron chi connectivity index (χ1n) is 3.53. The molecule has 2 N–H and O–H groups in total. The van der Waals surface area contributed by atoms with Crippen LogP contribution in [0.4, 0.5) is 0 Å². The van der Waals surface area contributed by atoms with Gasteiger partial charge in [0.25, 0.3) is 0 Å². The number of para-hydroxylation sites is 1. The van der Waals surface area contributed by atoms with Crippen LogP contribution in [0.25, 0.3) is 0 Å². The zero-order valence-electron chi connectivity index (χ0n) is 6.04. The van der Waals surface area contributed by atoms with Crippen LogP contribution in [0.3, 0.4) is 0 Å². The molecule has 0 saturated heterocycles. The minimum Gasteiger partial charge on any atom is -0.489 e. The van der Waals surface area contributed by atoms with E-state index >= 15 is 0 Å². The lowest BCUT2D eigenvalue weighted by atomic mass is 10.2. The zero-order chi connectivity index (χ0) is 7.68. The SMILES string of the molecule is NOc1cccc2c1OCC2. The van der Waals surface area contributed by atoms with Crippen molar-refractivity contribution in [1.82, 2.24) is 0 Å². The second kappa shape index (κ2) is 2.43. The van der Waals surface area contributed by atoms with Crippen molar-refractivity contribution in [3.05, 3.63) is 23.8 Å². The van der Waals surface area contributed by atoms with Gasteiger partial charge in [-0.25, -0.2) is 0 Å². The van der Waals surface area contributed by atoms with Gasteiger partial charge in [0.1, 0.15) is 0 Å². The van der Waals surface area contributed by atoms with Crippen molar-refractivity contribution in [2.75, 3.05) is 6.61 Å². The van der Waals surface area contributed by atoms with Crippen molar-refractivity contribution >= 4 is 0 Å². The maximum Gasteiger partial charge on any atom is 0.188 e. The molecule has 1 heterocycles. The van der Waals surface area contributed by atoms with Crippen molar-refractivity contribution in [3.63, 3.8) is 0 Å². The summed E-state index contributed by atoms with van der Waals surface area (Å²) in [7, 11) is 0. The molecule has 0 saturated carbocycles. The molecule has 0 unspecified atom stereocenters. The summed E-state index contributed by atoms with van der Waals surface area (Å²) in [5.41, 5.74) is 1.17. The Bertz CT molecular complexity index is 273. The van der Waals surface area contributed by atoms with Gasteiger partial charge in [0.2, 0.25) is 0 Å². The van der Waals surface area contributed by atoms with Crippen molar-refractivity contribution in [1.29, 1.82) is 0 Å². The third-order valence-corrected chi connectivity index (χ3v) is 1.81. The molecule has 0 aromatic heterocycles. The summed E-state index contributed by atoms with van der Waals surface area (Å²) in [6.45, 7) is 0.732. The number of nitrogens with two attached hydrogens (primary N) is 1. The summed E-state index contributed by atoms with van der Waals surface area (Å²) >= 11 is 0. The van der Waals surface area contributed by atoms with Crippen LogP contribution in [-0.2, 0) is 6.42 Å². The van der Waals surface area contributed by atoms with Gasteiger partial charge in [0, 0.05) is 12.0 Å². The lowest BCUT2D eigenvalue weighted by molar-refractivity contribution is 0.294. The van der Waals surface area contributed by atoms with E-state index in [4.69, 9.17) is 10.6 Å². The lowest BCUT2D eigenvalue weighted by Gasteiger charge is -2.03. The van der Waals surface area contributed by atoms with Gasteiger partial charge < -0.3 is 9.57 Å². The topological polar surface area (TPSA) is 44.5 Å². The molecule has 0 radical (unpaired) electrons. The van der Waals surface area contributed by atoms with E-state index in [9.17, 15) is 0 Å². The Labute approximate surface area is 64.7 Å². The molecule has 3 heteroatoms. The van der Waals surface area contributed by atoms with Gasteiger partial charge in [0.05, 0.1) is 6.61 Å². The van der Waals surface area contributed by atoms with E-state index < -0.39 is 0 Å². The van der Waals surface area contributed by atoms with Crippen LogP contribution in [0.5, 0.6) is 11.5 Å². The zero-order valence-corrected chi connectivity index (χ0v) is 6.04. The highest BCUT2D eigenvalue weighted by Gasteiger charge is 2.15. The highest BCUT2D eigenvalue weighted by atomic mass is 16.6. The molecule has 1 aliphatic heterocycles. The van der Waals surface area contributed by atoms with Gasteiger partial charge in [-0.05, 0) is 6.07 Å². The van der Waals surface area contributed by atoms with E-state index in [1.54, 1.807) is 6.07 Å². The molecule has 1 aliphatic rings. The highest BCUT2D eigenvalue weighted by Crippen LogP contribution is 2.34. The molecule has 0 fully saturated rings. The fourth-order valence-electron chi connectivity index (χ4n) is 1.28. The van der Waals surface area contributed by atoms with Gasteiger partial charge in [0.15, 0.2) is 11.5 Å². The van der Waals surface area contributed by atoms with Crippen molar-refractivity contribution < 1.29 is 9.57 Å². The summed E-state index contributed by atoms with van der Waals surface area (Å²) in [5.74, 6) is 6.47. The van der Waals surface area contributed by atoms with Crippen LogP contribution < -0.4 is 15.5 Å². The minimum atomic E-state index is 0.625. The first-order chi connectivity index (χ1) is 5.42. The molecule has 3 nitrogen and oxygen atoms in total. The maximum atomic E-state index is 5.32. The van der Waals surface area contributed by atoms with E-state index in [0.717, 1.165) is 18.8 Å². The van der Waals surface area contributed by atoms with Gasteiger partial charge in [-0.2, -0.15) is 5.90 Å². The van der Waals surface area contributed by atoms with E-state index in [1.165, 1.54) is 5.56 Å². The molecule has 0 amide bonds. The number of benzene rings is 1. The van der Waals surface area contributed by atoms with Crippen LogP contribution in [0, 0.1) is 0 Å². The van der Waals surface area contributed by atoms with Gasteiger partial charge in [-0.15, -0.1) is 0 Å². The molecule has 11 heavy (non-hydrogen) atoms. The monoisotopic (exact) mass is 151 g/mol. The molecule has 1 aromatic rings. The molecule has 58 valence electrons. The largest absolute Gasteiger partial charge is 0.489 e. The highest BCUT2D eigenvalue weighted by molar-refractivity contribution is 5.48. The molecule has 0 aliphatic carbocycles. The summed E-state index contributed by atoms with van der Waals surface area (Å²) in [5, 5.41) is 0. The summed E-state index contributed by atoms with van der Waals surface area (Å²) in [6.07, 6.45) is 0.951. The van der Waals surface area contributed by atoms with Crippen molar-refractivity contribution in [2.45, 2.75) is 6.42 Å². The molecular formula is C8H9NO2. The van der Waals surface area contributed by atoms with E-state index in [-0.39, 0.29) is 0 Å². The average Bonchev–Trinajstić information content (AvgIpc) is 2.50. The van der Waals surface area contributed by atoms with Crippen LogP contribution in [0.15, 0.2) is 18.2 Å². The predicted molar refractivity (Wildman–Crippen MR) is 40.5 cm³/mol. The Hall–Kier alpha value is -1.22. The normalized spacial score (nSPS) is 13.9. The Morgan fingerprint density at radius 3 is 3.18 bits per heavy atom. The number of hydrogen-bond donors (Lipinski definition) is 1. The van der Waals surface area contributed by atoms with Crippen LogP contribution >= 0.6 is 0 Å². The number of ether oxygens (including phenoxy) is 1. The number of hydrogen-bond acceptors (Lipinski definition) is 3. The predicted octanol–water partition coefficient (Wildman–Crippen LogP) is 0.874. The second-order valence-electron chi connectivity index (χ2n) is 2.46. The maximum absolute atomic E-state index is 5.32. The van der Waals surface area contributed by atoms with Crippen LogP contribution in [-0.4, -0.2) is 6.61 Å². The molecular weight excluding hydrogens is 142 g/mol. The smallest absolute Gasteiger partial charge is 0.188 e. The van der Waals surface area contributed by atoms with Gasteiger partial charge in [-0.3, -0.25) is 0 Å². The Kier molecular flexibility index (Phi) is 1.43. The molecule has 0 atom stereocenters. The molecule has 0 bridgehead atoms. The number of rotatable bonds is 1. The third kappa shape index (κ3) is 0.935. The lowest BCUT2D eigenvalue weighted by Crippen LogP contribution is -2.02. The van der Waals surface area contributed by atoms with E-state index in [2.05, 4.69) is 4.84 Å². The quantitative estimate of drug-likeness (QED) is 0.606. The van der Waals surface area contributed by atoms with Crippen LogP contribution in [0.1, 0.15) is 5.56 Å². The summed E-state index contributed by atoms with van der Waals surface area (Å²) < 4.78 is 5.32. The van der Waals surface area contributed by atoms with Gasteiger partial charge >= 0.3 is 0 Å². The fraction of sp³-hybridized carbons (Fsp3) is 0.250. The van der Waals surface area contributed by atoms with Gasteiger partial charge in [-0.1, -0.05) is 12.1 Å². The average molecular weight is 151 g/mol. The van der Waals surface area contributed by atoms with E-state index in [1.807, 2.05) is 12.1 Å². The summed E-state index contributed by atoms with van der Waals surface area (Å²) in [6, 6.07) is 5.73. The Morgan fingerprint density at radius 1 is 1.45 bits per heavy atom. The second-order valence-corrected chi connectivity index (χ2v) is 2.46. The Morgan fingerprint density at radius 2 is 2.36 bits per heavy atom. The molecule has 2 rings (SSSR count). The third-order valence-electron chi connectivity index (χ3n) is 1.81. The van der Waals surface area contributed by atoms with E-state index in [0.29, 0.717) is 5.75 Å². The summed E-state index contributed by atoms with van der Waals surface area (Å²) in [4.78, 5) is 4.63.